The van der Waals surface area contributed by atoms with Gasteiger partial charge in [-0.2, -0.15) is 4.99 Å². The summed E-state index contributed by atoms with van der Waals surface area (Å²) >= 11 is 4.58. The van der Waals surface area contributed by atoms with Gasteiger partial charge in [0.1, 0.15) is 5.69 Å². The monoisotopic (exact) mass is 389 g/mol. The second kappa shape index (κ2) is 10.3. The van der Waals surface area contributed by atoms with Crippen LogP contribution in [0.4, 0.5) is 5.69 Å². The van der Waals surface area contributed by atoms with Crippen molar-refractivity contribution in [1.82, 2.24) is 9.97 Å². The molecule has 0 radical (unpaired) electrons. The first-order valence-corrected chi connectivity index (χ1v) is 10.6. The lowest BCUT2D eigenvalue weighted by Gasteiger charge is -2.29. The Balaban J connectivity index is 1.64. The molecule has 1 heterocycles. The topological polar surface area (TPSA) is 38.1 Å². The Morgan fingerprint density at radius 1 is 1.11 bits per heavy atom. The predicted molar refractivity (Wildman–Crippen MR) is 118 cm³/mol. The van der Waals surface area contributed by atoms with Crippen LogP contribution in [0.3, 0.4) is 0 Å². The zero-order valence-corrected chi connectivity index (χ0v) is 17.6. The van der Waals surface area contributed by atoms with E-state index in [1.54, 1.807) is 12.4 Å². The van der Waals surface area contributed by atoms with E-state index >= 15 is 0 Å². The van der Waals surface area contributed by atoms with Gasteiger partial charge in [-0.3, -0.25) is 0 Å². The third kappa shape index (κ3) is 5.58. The molecule has 1 saturated carbocycles. The molecule has 0 aliphatic heterocycles. The normalized spacial score (nSPS) is 18.6. The Labute approximate surface area is 173 Å². The molecule has 0 spiro atoms. The van der Waals surface area contributed by atoms with Gasteiger partial charge in [0.15, 0.2) is 0 Å². The van der Waals surface area contributed by atoms with Crippen molar-refractivity contribution in [2.24, 2.45) is 10.9 Å². The number of isothiocyanates is 1. The molecule has 0 saturated heterocycles. The lowest BCUT2D eigenvalue weighted by molar-refractivity contribution is 0.304. The minimum absolute atomic E-state index is 0.484. The number of thiocarbonyl (C=S) groups is 1. The molecule has 28 heavy (non-hydrogen) atoms. The fraction of sp³-hybridized carbons (Fsp3) is 0.458. The number of aliphatic imine (C=N–C) groups is 1. The lowest BCUT2D eigenvalue weighted by atomic mass is 9.76. The van der Waals surface area contributed by atoms with Crippen molar-refractivity contribution in [2.75, 3.05) is 0 Å². The molecule has 1 aliphatic carbocycles. The number of benzene rings is 1. The SMILES string of the molecule is CCCCC1CCC(c2ccc(C#Cc3ncc(N=C=S)cn3)c(C)c2)CC1. The number of nitrogens with zero attached hydrogens (tertiary/aromatic N) is 3. The third-order valence-electron chi connectivity index (χ3n) is 5.66. The molecule has 144 valence electrons. The van der Waals surface area contributed by atoms with Gasteiger partial charge < -0.3 is 0 Å². The molecule has 0 N–H and O–H groups in total. The predicted octanol–water partition coefficient (Wildman–Crippen LogP) is 6.38. The second-order valence-corrected chi connectivity index (χ2v) is 7.83. The summed E-state index contributed by atoms with van der Waals surface area (Å²) < 4.78 is 0. The molecule has 4 heteroatoms. The van der Waals surface area contributed by atoms with Gasteiger partial charge in [-0.1, -0.05) is 44.2 Å². The van der Waals surface area contributed by atoms with Gasteiger partial charge in [0.2, 0.25) is 5.82 Å². The van der Waals surface area contributed by atoms with E-state index in [9.17, 15) is 0 Å². The summed E-state index contributed by atoms with van der Waals surface area (Å²) in [6.45, 7) is 4.43. The van der Waals surface area contributed by atoms with Gasteiger partial charge in [-0.05, 0) is 79.8 Å². The van der Waals surface area contributed by atoms with Crippen LogP contribution >= 0.6 is 12.2 Å². The van der Waals surface area contributed by atoms with E-state index in [1.165, 1.54) is 56.1 Å². The Kier molecular flexibility index (Phi) is 7.48. The lowest BCUT2D eigenvalue weighted by Crippen LogP contribution is -2.13. The molecular formula is C24H27N3S. The second-order valence-electron chi connectivity index (χ2n) is 7.65. The fourth-order valence-electron chi connectivity index (χ4n) is 3.98. The first-order chi connectivity index (χ1) is 13.7. The van der Waals surface area contributed by atoms with Gasteiger partial charge in [0.05, 0.1) is 17.6 Å². The van der Waals surface area contributed by atoms with Crippen molar-refractivity contribution < 1.29 is 0 Å². The summed E-state index contributed by atoms with van der Waals surface area (Å²) in [5, 5.41) is 2.30. The highest BCUT2D eigenvalue weighted by Crippen LogP contribution is 2.38. The van der Waals surface area contributed by atoms with Gasteiger partial charge in [0.25, 0.3) is 0 Å². The number of rotatable bonds is 5. The van der Waals surface area contributed by atoms with Crippen molar-refractivity contribution in [3.05, 3.63) is 53.1 Å². The highest BCUT2D eigenvalue weighted by atomic mass is 32.1. The molecule has 3 nitrogen and oxygen atoms in total. The summed E-state index contributed by atoms with van der Waals surface area (Å²) in [6.07, 6.45) is 12.7. The van der Waals surface area contributed by atoms with E-state index in [1.807, 2.05) is 0 Å². The highest BCUT2D eigenvalue weighted by molar-refractivity contribution is 7.78. The minimum atomic E-state index is 0.484. The molecule has 0 atom stereocenters. The fourth-order valence-corrected chi connectivity index (χ4v) is 4.08. The zero-order chi connectivity index (χ0) is 19.8. The first-order valence-electron chi connectivity index (χ1n) is 10.2. The van der Waals surface area contributed by atoms with E-state index in [4.69, 9.17) is 0 Å². The summed E-state index contributed by atoms with van der Waals surface area (Å²) in [7, 11) is 0. The summed E-state index contributed by atoms with van der Waals surface area (Å²) in [5.74, 6) is 8.37. The molecule has 1 aromatic heterocycles. The summed E-state index contributed by atoms with van der Waals surface area (Å²) in [6, 6.07) is 6.72. The number of hydrogen-bond donors (Lipinski definition) is 0. The molecule has 0 bridgehead atoms. The largest absolute Gasteiger partial charge is 0.227 e. The van der Waals surface area contributed by atoms with Crippen molar-refractivity contribution in [2.45, 2.75) is 64.7 Å². The van der Waals surface area contributed by atoms with Crippen LogP contribution in [0.1, 0.15) is 80.3 Å². The van der Waals surface area contributed by atoms with E-state index in [0.29, 0.717) is 17.4 Å². The molecule has 1 aliphatic rings. The molecule has 1 aromatic carbocycles. The summed E-state index contributed by atoms with van der Waals surface area (Å²) in [5.41, 5.74) is 4.31. The molecule has 0 unspecified atom stereocenters. The number of hydrogen-bond acceptors (Lipinski definition) is 4. The van der Waals surface area contributed by atoms with Crippen LogP contribution < -0.4 is 0 Å². The number of aromatic nitrogens is 2. The quantitative estimate of drug-likeness (QED) is 0.338. The Hall–Kier alpha value is -2.34. The van der Waals surface area contributed by atoms with Crippen molar-refractivity contribution >= 4 is 23.1 Å². The number of aryl methyl sites for hydroxylation is 1. The van der Waals surface area contributed by atoms with Crippen molar-refractivity contribution in [3.63, 3.8) is 0 Å². The average molecular weight is 390 g/mol. The Morgan fingerprint density at radius 2 is 1.86 bits per heavy atom. The van der Waals surface area contributed by atoms with Gasteiger partial charge in [-0.15, -0.1) is 0 Å². The molecular weight excluding hydrogens is 362 g/mol. The molecule has 2 aromatic rings. The van der Waals surface area contributed by atoms with Crippen molar-refractivity contribution in [3.8, 4) is 11.8 Å². The Bertz CT molecular complexity index is 894. The van der Waals surface area contributed by atoms with Gasteiger partial charge in [-0.25, -0.2) is 9.97 Å². The molecule has 3 rings (SSSR count). The van der Waals surface area contributed by atoms with Crippen LogP contribution in [0.25, 0.3) is 0 Å². The van der Waals surface area contributed by atoms with E-state index in [2.05, 4.69) is 76.2 Å². The molecule has 0 amide bonds. The van der Waals surface area contributed by atoms with Gasteiger partial charge >= 0.3 is 0 Å². The minimum Gasteiger partial charge on any atom is -0.227 e. The van der Waals surface area contributed by atoms with Crippen LogP contribution in [0, 0.1) is 24.7 Å². The van der Waals surface area contributed by atoms with Crippen LogP contribution in [0.15, 0.2) is 35.6 Å². The van der Waals surface area contributed by atoms with Crippen molar-refractivity contribution in [1.29, 1.82) is 0 Å². The van der Waals surface area contributed by atoms with Crippen LogP contribution in [-0.4, -0.2) is 15.1 Å². The Morgan fingerprint density at radius 3 is 2.50 bits per heavy atom. The summed E-state index contributed by atoms with van der Waals surface area (Å²) in [4.78, 5) is 12.2. The van der Waals surface area contributed by atoms with E-state index < -0.39 is 0 Å². The maximum absolute atomic E-state index is 4.58. The third-order valence-corrected chi connectivity index (χ3v) is 5.75. The maximum Gasteiger partial charge on any atom is 0.205 e. The zero-order valence-electron chi connectivity index (χ0n) is 16.7. The smallest absolute Gasteiger partial charge is 0.205 e. The van der Waals surface area contributed by atoms with Crippen LogP contribution in [0.2, 0.25) is 0 Å². The molecule has 1 fully saturated rings. The van der Waals surface area contributed by atoms with E-state index in [0.717, 1.165) is 11.5 Å². The maximum atomic E-state index is 4.58. The first kappa shape index (κ1) is 20.4. The number of unbranched alkanes of at least 4 members (excludes halogenated alkanes) is 1. The average Bonchev–Trinajstić information content (AvgIpc) is 2.73. The van der Waals surface area contributed by atoms with Crippen LogP contribution in [-0.2, 0) is 0 Å². The van der Waals surface area contributed by atoms with Crippen LogP contribution in [0.5, 0.6) is 0 Å². The standard InChI is InChI=1S/C24H27N3S/c1-3-4-5-19-6-8-21(9-7-19)22-11-10-20(18(2)14-22)12-13-24-25-15-23(16-26-24)27-17-28/h10-11,14-16,19,21H,3-9H2,1-2H3. The van der Waals surface area contributed by atoms with E-state index in [-0.39, 0.29) is 0 Å². The highest BCUT2D eigenvalue weighted by Gasteiger charge is 2.22. The van der Waals surface area contributed by atoms with Gasteiger partial charge in [0, 0.05) is 5.56 Å².